The zero-order valence-corrected chi connectivity index (χ0v) is 20.4. The highest BCUT2D eigenvalue weighted by atomic mass is 32.3. The Kier molecular flexibility index (Phi) is 5.22. The molecule has 0 saturated carbocycles. The van der Waals surface area contributed by atoms with Crippen molar-refractivity contribution in [3.63, 3.8) is 0 Å². The first-order valence-corrected chi connectivity index (χ1v) is 12.9. The van der Waals surface area contributed by atoms with Gasteiger partial charge < -0.3 is 9.87 Å². The number of hydrogen-bond donors (Lipinski definition) is 3. The number of para-hydroxylation sites is 1. The molecular formula is C23H18N8O6S. The summed E-state index contributed by atoms with van der Waals surface area (Å²) < 4.78 is 29.8. The van der Waals surface area contributed by atoms with Gasteiger partial charge in [0.15, 0.2) is 10.4 Å². The number of rotatable bonds is 3. The fourth-order valence-electron chi connectivity index (χ4n) is 4.61. The van der Waals surface area contributed by atoms with Crippen LogP contribution in [-0.2, 0) is 24.2 Å². The van der Waals surface area contributed by atoms with E-state index in [0.29, 0.717) is 0 Å². The molecule has 4 aromatic rings. The Bertz CT molecular complexity index is 1810. The molecule has 15 heteroatoms. The van der Waals surface area contributed by atoms with Gasteiger partial charge in [0.2, 0.25) is 22.5 Å². The number of nitrogens with one attached hydrogen (secondary N) is 3. The summed E-state index contributed by atoms with van der Waals surface area (Å²) >= 11 is 0. The molecular weight excluding hydrogens is 516 g/mol. The van der Waals surface area contributed by atoms with E-state index < -0.39 is 39.7 Å². The molecule has 192 valence electrons. The van der Waals surface area contributed by atoms with Gasteiger partial charge in [0.05, 0.1) is 16.6 Å². The quantitative estimate of drug-likeness (QED) is 0.252. The van der Waals surface area contributed by atoms with Crippen LogP contribution in [0, 0.1) is 6.92 Å². The summed E-state index contributed by atoms with van der Waals surface area (Å²) in [6.07, 6.45) is 0.205. The number of aryl methyl sites for hydroxylation is 1. The number of carbonyl (C=O) groups excluding carboxylic acids is 3. The average molecular weight is 535 g/mol. The van der Waals surface area contributed by atoms with E-state index >= 15 is 0 Å². The molecule has 3 amide bonds. The number of fused-ring (bicyclic) bond motifs is 4. The molecule has 3 N–H and O–H groups in total. The van der Waals surface area contributed by atoms with Crippen LogP contribution in [0.3, 0.4) is 0 Å². The standard InChI is InChI=1S/C23H18N8O6S/c1-11-24-12-5-4-6-13(18(12)22(35)30(11)15-9-10-17(32)26-20(15)33)25-21(34)19-27-23-29-38(36,37)16-8-3-2-7-14(16)31(23)28-19/h2-8,15H,9-10H2,1H3,(H3-,25,26,27,28,29,32,33,34,35,36,37). The van der Waals surface area contributed by atoms with Gasteiger partial charge in [-0.25, -0.2) is 4.98 Å². The Morgan fingerprint density at radius 1 is 1.13 bits per heavy atom. The van der Waals surface area contributed by atoms with E-state index in [1.54, 1.807) is 31.2 Å². The lowest BCUT2D eigenvalue weighted by Gasteiger charge is -2.24. The molecule has 0 bridgehead atoms. The monoisotopic (exact) mass is 534 g/mol. The van der Waals surface area contributed by atoms with Crippen molar-refractivity contribution in [2.45, 2.75) is 30.7 Å². The molecule has 4 heterocycles. The summed E-state index contributed by atoms with van der Waals surface area (Å²) in [7, 11) is -3.90. The number of nitrogens with zero attached hydrogens (tertiary/aromatic N) is 5. The van der Waals surface area contributed by atoms with Gasteiger partial charge in [-0.1, -0.05) is 22.4 Å². The Balaban J connectivity index is 1.39. The van der Waals surface area contributed by atoms with Crippen LogP contribution in [-0.4, -0.2) is 46.6 Å². The van der Waals surface area contributed by atoms with Gasteiger partial charge in [0.1, 0.15) is 17.6 Å². The fraction of sp³-hybridized carbons (Fsp3) is 0.174. The molecule has 6 rings (SSSR count). The number of anilines is 2. The van der Waals surface area contributed by atoms with E-state index in [9.17, 15) is 27.9 Å². The van der Waals surface area contributed by atoms with E-state index in [4.69, 9.17) is 0 Å². The minimum absolute atomic E-state index is 0.0196. The second-order valence-corrected chi connectivity index (χ2v) is 10.3. The van der Waals surface area contributed by atoms with E-state index in [0.717, 1.165) is 0 Å². The predicted octanol–water partition coefficient (Wildman–Crippen LogP) is 0.845. The van der Waals surface area contributed by atoms with Crippen molar-refractivity contribution < 1.29 is 23.1 Å². The number of sulfonamides is 1. The first-order chi connectivity index (χ1) is 18.1. The third kappa shape index (κ3) is 3.67. The average Bonchev–Trinajstić information content (AvgIpc) is 3.29. The van der Waals surface area contributed by atoms with Crippen LogP contribution in [0.15, 0.2) is 52.2 Å². The minimum atomic E-state index is -3.90. The molecule has 2 aromatic carbocycles. The molecule has 2 unspecified atom stereocenters. The highest BCUT2D eigenvalue weighted by Gasteiger charge is 2.36. The number of carbonyl (C=O) groups is 3. The molecule has 1 saturated heterocycles. The molecule has 1 fully saturated rings. The molecule has 2 aliphatic heterocycles. The van der Waals surface area contributed by atoms with Gasteiger partial charge in [-0.15, -0.1) is 5.10 Å². The minimum Gasteiger partial charge on any atom is -0.588 e. The van der Waals surface area contributed by atoms with Crippen molar-refractivity contribution in [2.24, 2.45) is 0 Å². The van der Waals surface area contributed by atoms with Gasteiger partial charge in [0, 0.05) is 6.42 Å². The van der Waals surface area contributed by atoms with E-state index in [1.807, 2.05) is 0 Å². The summed E-state index contributed by atoms with van der Waals surface area (Å²) in [5, 5.41) is 9.04. The Labute approximate surface area is 214 Å². The third-order valence-corrected chi connectivity index (χ3v) is 7.67. The normalized spacial score (nSPS) is 20.3. The maximum Gasteiger partial charge on any atom is 0.295 e. The number of imide groups is 1. The maximum atomic E-state index is 13.6. The van der Waals surface area contributed by atoms with Crippen LogP contribution in [0.5, 0.6) is 0 Å². The van der Waals surface area contributed by atoms with Crippen molar-refractivity contribution in [2.75, 3.05) is 10.0 Å². The summed E-state index contributed by atoms with van der Waals surface area (Å²) in [6, 6.07) is 9.86. The van der Waals surface area contributed by atoms with Gasteiger partial charge in [-0.05, 0) is 37.6 Å². The molecule has 0 radical (unpaired) electrons. The Morgan fingerprint density at radius 2 is 1.92 bits per heavy atom. The fourth-order valence-corrected chi connectivity index (χ4v) is 5.78. The summed E-state index contributed by atoms with van der Waals surface area (Å²) in [5.41, 5.74) is 0.0360. The van der Waals surface area contributed by atoms with Crippen molar-refractivity contribution in [1.82, 2.24) is 29.6 Å². The molecule has 38 heavy (non-hydrogen) atoms. The van der Waals surface area contributed by atoms with Crippen molar-refractivity contribution in [3.8, 4) is 5.69 Å². The lowest BCUT2D eigenvalue weighted by atomic mass is 10.1. The summed E-state index contributed by atoms with van der Waals surface area (Å²) in [5.74, 6) is -2.06. The first kappa shape index (κ1) is 23.6. The number of aromatic nitrogens is 5. The SMILES string of the molecule is Cc1nc2cccc(NC(=O)c3nc4n(n3)-c3ccccc3[S+](=O)([O-])N4)c2c(=O)n1C1CCC(=O)NC1=O. The lowest BCUT2D eigenvalue weighted by molar-refractivity contribution is -0.135. The van der Waals surface area contributed by atoms with E-state index in [2.05, 4.69) is 30.4 Å². The van der Waals surface area contributed by atoms with Gasteiger partial charge in [-0.2, -0.15) is 14.4 Å². The second-order valence-electron chi connectivity index (χ2n) is 8.70. The van der Waals surface area contributed by atoms with Crippen LogP contribution >= 0.6 is 0 Å². The number of benzene rings is 2. The predicted molar refractivity (Wildman–Crippen MR) is 132 cm³/mol. The molecule has 2 atom stereocenters. The summed E-state index contributed by atoms with van der Waals surface area (Å²) in [6.45, 7) is 1.58. The number of amides is 3. The highest BCUT2D eigenvalue weighted by Crippen LogP contribution is 2.32. The smallest absolute Gasteiger partial charge is 0.295 e. The van der Waals surface area contributed by atoms with E-state index in [1.165, 1.54) is 27.4 Å². The van der Waals surface area contributed by atoms with Crippen molar-refractivity contribution >= 4 is 50.7 Å². The Hall–Kier alpha value is -4.76. The number of piperidine rings is 1. The van der Waals surface area contributed by atoms with Crippen molar-refractivity contribution in [1.29, 1.82) is 0 Å². The Morgan fingerprint density at radius 3 is 2.71 bits per heavy atom. The van der Waals surface area contributed by atoms with Gasteiger partial charge in [0.25, 0.3) is 17.4 Å². The molecule has 0 aliphatic carbocycles. The second kappa shape index (κ2) is 8.39. The summed E-state index contributed by atoms with van der Waals surface area (Å²) in [4.78, 5) is 59.2. The van der Waals surface area contributed by atoms with Crippen molar-refractivity contribution in [3.05, 3.63) is 64.5 Å². The zero-order chi connectivity index (χ0) is 26.8. The molecule has 2 aromatic heterocycles. The third-order valence-electron chi connectivity index (χ3n) is 6.29. The number of hydrogen-bond acceptors (Lipinski definition) is 9. The molecule has 2 aliphatic rings. The van der Waals surface area contributed by atoms with Crippen LogP contribution in [0.1, 0.15) is 35.3 Å². The molecule has 14 nitrogen and oxygen atoms in total. The lowest BCUT2D eigenvalue weighted by Crippen LogP contribution is -2.45. The molecule has 0 spiro atoms. The zero-order valence-electron chi connectivity index (χ0n) is 19.6. The van der Waals surface area contributed by atoms with Crippen LogP contribution in [0.25, 0.3) is 16.6 Å². The topological polar surface area (TPSA) is 193 Å². The van der Waals surface area contributed by atoms with Gasteiger partial charge in [-0.3, -0.25) is 29.1 Å². The van der Waals surface area contributed by atoms with Crippen LogP contribution in [0.4, 0.5) is 11.6 Å². The van der Waals surface area contributed by atoms with Gasteiger partial charge >= 0.3 is 0 Å². The largest absolute Gasteiger partial charge is 0.588 e. The first-order valence-electron chi connectivity index (χ1n) is 11.4. The van der Waals surface area contributed by atoms with Crippen LogP contribution in [0.2, 0.25) is 0 Å². The highest BCUT2D eigenvalue weighted by molar-refractivity contribution is 7.99. The maximum absolute atomic E-state index is 13.6. The van der Waals surface area contributed by atoms with E-state index in [-0.39, 0.29) is 57.6 Å². The van der Waals surface area contributed by atoms with Crippen LogP contribution < -0.4 is 20.9 Å².